The van der Waals surface area contributed by atoms with E-state index in [2.05, 4.69) is 39.6 Å². The monoisotopic (exact) mass is 343 g/mol. The van der Waals surface area contributed by atoms with Crippen LogP contribution in [0.4, 0.5) is 0 Å². The van der Waals surface area contributed by atoms with Gasteiger partial charge in [0, 0.05) is 26.7 Å². The Hall–Kier alpha value is 0.1000. The van der Waals surface area contributed by atoms with E-state index in [1.165, 1.54) is 35.0 Å². The number of hydrogen-bond acceptors (Lipinski definition) is 3. The van der Waals surface area contributed by atoms with Gasteiger partial charge in [0.25, 0.3) is 0 Å². The lowest BCUT2D eigenvalue weighted by Gasteiger charge is -2.29. The summed E-state index contributed by atoms with van der Waals surface area (Å²) < 4.78 is 7.26. The molecular formula is C15H22BrNOS. The van der Waals surface area contributed by atoms with Gasteiger partial charge in [-0.15, -0.1) is 11.3 Å². The standard InChI is InChI=1S/C15H22BrNOS/c1-2-5-17-14(8-12-6-10(16)9-19-12)13-7-11-3-4-15(13)18-11/h6,9,11,13-15,17H,2-5,7-8H2,1H3. The summed E-state index contributed by atoms with van der Waals surface area (Å²) in [6.07, 6.45) is 7.23. The smallest absolute Gasteiger partial charge is 0.0623 e. The van der Waals surface area contributed by atoms with E-state index in [0.29, 0.717) is 24.2 Å². The van der Waals surface area contributed by atoms with Crippen LogP contribution in [-0.2, 0) is 11.2 Å². The van der Waals surface area contributed by atoms with Gasteiger partial charge in [0.1, 0.15) is 0 Å². The zero-order valence-electron chi connectivity index (χ0n) is 11.4. The van der Waals surface area contributed by atoms with Crippen molar-refractivity contribution in [3.8, 4) is 0 Å². The first-order valence-electron chi connectivity index (χ1n) is 7.38. The predicted octanol–water partition coefficient (Wildman–Crippen LogP) is 3.99. The van der Waals surface area contributed by atoms with Crippen LogP contribution in [0.15, 0.2) is 15.9 Å². The summed E-state index contributed by atoms with van der Waals surface area (Å²) in [6, 6.07) is 2.85. The van der Waals surface area contributed by atoms with Gasteiger partial charge in [-0.1, -0.05) is 6.92 Å². The van der Waals surface area contributed by atoms with Gasteiger partial charge < -0.3 is 10.1 Å². The zero-order valence-corrected chi connectivity index (χ0v) is 13.8. The molecule has 2 saturated heterocycles. The van der Waals surface area contributed by atoms with Gasteiger partial charge in [-0.2, -0.15) is 0 Å². The fourth-order valence-electron chi connectivity index (χ4n) is 3.48. The van der Waals surface area contributed by atoms with Gasteiger partial charge in [0.2, 0.25) is 0 Å². The molecule has 0 radical (unpaired) electrons. The molecule has 0 saturated carbocycles. The highest BCUT2D eigenvalue weighted by atomic mass is 79.9. The largest absolute Gasteiger partial charge is 0.375 e. The molecular weight excluding hydrogens is 322 g/mol. The Morgan fingerprint density at radius 3 is 3.00 bits per heavy atom. The quantitative estimate of drug-likeness (QED) is 0.843. The van der Waals surface area contributed by atoms with Crippen LogP contribution in [-0.4, -0.2) is 24.8 Å². The maximum absolute atomic E-state index is 6.04. The second kappa shape index (κ2) is 6.25. The molecule has 2 aliphatic rings. The number of ether oxygens (including phenoxy) is 1. The lowest BCUT2D eigenvalue weighted by atomic mass is 9.82. The van der Waals surface area contributed by atoms with Crippen LogP contribution in [0.25, 0.3) is 0 Å². The molecule has 2 aliphatic heterocycles. The molecule has 19 heavy (non-hydrogen) atoms. The van der Waals surface area contributed by atoms with Crippen LogP contribution >= 0.6 is 27.3 Å². The topological polar surface area (TPSA) is 21.3 Å². The third-order valence-electron chi connectivity index (χ3n) is 4.37. The van der Waals surface area contributed by atoms with Gasteiger partial charge in [-0.25, -0.2) is 0 Å². The van der Waals surface area contributed by atoms with Crippen molar-refractivity contribution in [1.82, 2.24) is 5.32 Å². The van der Waals surface area contributed by atoms with E-state index in [0.717, 1.165) is 13.0 Å². The Bertz CT molecular complexity index is 422. The van der Waals surface area contributed by atoms with Crippen molar-refractivity contribution < 1.29 is 4.74 Å². The first kappa shape index (κ1) is 14.1. The second-order valence-corrected chi connectivity index (χ2v) is 7.68. The van der Waals surface area contributed by atoms with E-state index in [1.807, 2.05) is 11.3 Å². The summed E-state index contributed by atoms with van der Waals surface area (Å²) in [7, 11) is 0. The van der Waals surface area contributed by atoms with Crippen LogP contribution in [0, 0.1) is 5.92 Å². The second-order valence-electron chi connectivity index (χ2n) is 5.77. The van der Waals surface area contributed by atoms with Crippen molar-refractivity contribution >= 4 is 27.3 Å². The number of nitrogens with one attached hydrogen (secondary N) is 1. The Kier molecular flexibility index (Phi) is 4.62. The minimum absolute atomic E-state index is 0.516. The number of halogens is 1. The molecule has 0 aliphatic carbocycles. The SMILES string of the molecule is CCCNC(Cc1cc(Br)cs1)C1CC2CCC1O2. The van der Waals surface area contributed by atoms with Crippen molar-refractivity contribution in [2.24, 2.45) is 5.92 Å². The summed E-state index contributed by atoms with van der Waals surface area (Å²) in [5.41, 5.74) is 0. The molecule has 2 fully saturated rings. The Balaban J connectivity index is 1.66. The van der Waals surface area contributed by atoms with Crippen molar-refractivity contribution in [3.63, 3.8) is 0 Å². The molecule has 3 rings (SSSR count). The molecule has 4 atom stereocenters. The molecule has 2 nitrogen and oxygen atoms in total. The number of fused-ring (bicyclic) bond motifs is 2. The van der Waals surface area contributed by atoms with E-state index in [9.17, 15) is 0 Å². The molecule has 4 heteroatoms. The molecule has 4 unspecified atom stereocenters. The van der Waals surface area contributed by atoms with Crippen molar-refractivity contribution in [2.75, 3.05) is 6.54 Å². The van der Waals surface area contributed by atoms with E-state index >= 15 is 0 Å². The van der Waals surface area contributed by atoms with Crippen LogP contribution in [0.1, 0.15) is 37.5 Å². The molecule has 2 bridgehead atoms. The van der Waals surface area contributed by atoms with E-state index < -0.39 is 0 Å². The average Bonchev–Trinajstić information content (AvgIpc) is 3.10. The van der Waals surface area contributed by atoms with Crippen molar-refractivity contribution in [1.29, 1.82) is 0 Å². The summed E-state index contributed by atoms with van der Waals surface area (Å²) in [6.45, 7) is 3.36. The van der Waals surface area contributed by atoms with Gasteiger partial charge in [-0.3, -0.25) is 0 Å². The predicted molar refractivity (Wildman–Crippen MR) is 83.8 cm³/mol. The Morgan fingerprint density at radius 2 is 2.42 bits per heavy atom. The van der Waals surface area contributed by atoms with Gasteiger partial charge in [0.05, 0.1) is 12.2 Å². The molecule has 0 spiro atoms. The molecule has 1 N–H and O–H groups in total. The molecule has 106 valence electrons. The fourth-order valence-corrected chi connectivity index (χ4v) is 4.99. The highest BCUT2D eigenvalue weighted by molar-refractivity contribution is 9.10. The number of thiophene rings is 1. The number of hydrogen-bond donors (Lipinski definition) is 1. The van der Waals surface area contributed by atoms with Crippen LogP contribution in [0.3, 0.4) is 0 Å². The normalized spacial score (nSPS) is 30.9. The first-order valence-corrected chi connectivity index (χ1v) is 9.05. The lowest BCUT2D eigenvalue weighted by Crippen LogP contribution is -2.42. The third kappa shape index (κ3) is 3.23. The average molecular weight is 344 g/mol. The minimum atomic E-state index is 0.516. The summed E-state index contributed by atoms with van der Waals surface area (Å²) in [4.78, 5) is 1.48. The zero-order chi connectivity index (χ0) is 13.2. The molecule has 1 aromatic heterocycles. The molecule has 3 heterocycles. The Labute approximate surface area is 128 Å². The summed E-state index contributed by atoms with van der Waals surface area (Å²) in [5.74, 6) is 0.714. The van der Waals surface area contributed by atoms with Crippen LogP contribution in [0.5, 0.6) is 0 Å². The van der Waals surface area contributed by atoms with Crippen molar-refractivity contribution in [2.45, 2.75) is 57.3 Å². The van der Waals surface area contributed by atoms with Gasteiger partial charge >= 0.3 is 0 Å². The van der Waals surface area contributed by atoms with Crippen molar-refractivity contribution in [3.05, 3.63) is 20.8 Å². The minimum Gasteiger partial charge on any atom is -0.375 e. The fraction of sp³-hybridized carbons (Fsp3) is 0.733. The molecule has 0 amide bonds. The highest BCUT2D eigenvalue weighted by Crippen LogP contribution is 2.41. The van der Waals surface area contributed by atoms with E-state index in [-0.39, 0.29) is 0 Å². The molecule has 1 aromatic rings. The first-order chi connectivity index (χ1) is 9.26. The maximum atomic E-state index is 6.04. The molecule has 0 aromatic carbocycles. The lowest BCUT2D eigenvalue weighted by molar-refractivity contribution is 0.0858. The van der Waals surface area contributed by atoms with E-state index in [1.54, 1.807) is 0 Å². The maximum Gasteiger partial charge on any atom is 0.0623 e. The highest BCUT2D eigenvalue weighted by Gasteiger charge is 2.44. The summed E-state index contributed by atoms with van der Waals surface area (Å²) in [5, 5.41) is 5.95. The number of rotatable bonds is 6. The Morgan fingerprint density at radius 1 is 1.53 bits per heavy atom. The van der Waals surface area contributed by atoms with E-state index in [4.69, 9.17) is 4.74 Å². The summed E-state index contributed by atoms with van der Waals surface area (Å²) >= 11 is 5.42. The van der Waals surface area contributed by atoms with Crippen LogP contribution in [0.2, 0.25) is 0 Å². The van der Waals surface area contributed by atoms with Crippen LogP contribution < -0.4 is 5.32 Å². The van der Waals surface area contributed by atoms with Gasteiger partial charge in [-0.05, 0) is 60.6 Å². The third-order valence-corrected chi connectivity index (χ3v) is 6.09. The van der Waals surface area contributed by atoms with Gasteiger partial charge in [0.15, 0.2) is 0 Å².